The van der Waals surface area contributed by atoms with Crippen LogP contribution in [0.1, 0.15) is 17.0 Å². The Bertz CT molecular complexity index is 631. The monoisotopic (exact) mass is 258 g/mol. The Morgan fingerprint density at radius 2 is 2.26 bits per heavy atom. The Kier molecular flexibility index (Phi) is 3.61. The number of carbonyl (C=O) groups is 1. The first-order chi connectivity index (χ1) is 9.06. The molecule has 1 aromatic heterocycles. The van der Waals surface area contributed by atoms with E-state index in [0.29, 0.717) is 5.69 Å². The minimum atomic E-state index is -1.21. The Labute approximate surface area is 110 Å². The van der Waals surface area contributed by atoms with Gasteiger partial charge >= 0.3 is 6.09 Å². The number of amides is 1. The van der Waals surface area contributed by atoms with Crippen LogP contribution < -0.4 is 5.43 Å². The van der Waals surface area contributed by atoms with E-state index in [2.05, 4.69) is 15.1 Å². The summed E-state index contributed by atoms with van der Waals surface area (Å²) >= 11 is 0. The zero-order chi connectivity index (χ0) is 13.8. The fourth-order valence-electron chi connectivity index (χ4n) is 1.68. The number of aryl methyl sites for hydroxylation is 2. The standard InChI is InChI=1S/C13H14N4O2/c1-8-4-3-5-10(6-8)12-15-9(2)11(16-12)7-14-17-13(18)19/h3-7,17H,1-2H3,(H,15,16)(H,18,19)/b14-7-. The van der Waals surface area contributed by atoms with Gasteiger partial charge in [0.15, 0.2) is 0 Å². The number of rotatable bonds is 3. The zero-order valence-electron chi connectivity index (χ0n) is 10.6. The highest BCUT2D eigenvalue weighted by atomic mass is 16.4. The van der Waals surface area contributed by atoms with Crippen molar-refractivity contribution in [1.29, 1.82) is 0 Å². The molecule has 0 radical (unpaired) electrons. The third-order valence-corrected chi connectivity index (χ3v) is 2.56. The van der Waals surface area contributed by atoms with Gasteiger partial charge in [-0.25, -0.2) is 15.2 Å². The molecule has 6 nitrogen and oxygen atoms in total. The van der Waals surface area contributed by atoms with E-state index >= 15 is 0 Å². The van der Waals surface area contributed by atoms with E-state index in [1.807, 2.05) is 43.5 Å². The van der Waals surface area contributed by atoms with Crippen LogP contribution in [0.25, 0.3) is 11.4 Å². The number of aromatic amines is 1. The lowest BCUT2D eigenvalue weighted by atomic mass is 10.1. The lowest BCUT2D eigenvalue weighted by Gasteiger charge is -1.97. The predicted molar refractivity (Wildman–Crippen MR) is 72.3 cm³/mol. The number of hydrazone groups is 1. The van der Waals surface area contributed by atoms with Crippen molar-refractivity contribution in [2.45, 2.75) is 13.8 Å². The lowest BCUT2D eigenvalue weighted by Crippen LogP contribution is -2.13. The van der Waals surface area contributed by atoms with Gasteiger partial charge in [-0.05, 0) is 19.9 Å². The Hall–Kier alpha value is -2.63. The van der Waals surface area contributed by atoms with Crippen LogP contribution in [0, 0.1) is 13.8 Å². The zero-order valence-corrected chi connectivity index (χ0v) is 10.6. The average Bonchev–Trinajstić information content (AvgIpc) is 2.71. The van der Waals surface area contributed by atoms with E-state index < -0.39 is 6.09 Å². The van der Waals surface area contributed by atoms with Crippen molar-refractivity contribution >= 4 is 12.3 Å². The molecule has 1 heterocycles. The molecule has 0 saturated carbocycles. The van der Waals surface area contributed by atoms with E-state index in [0.717, 1.165) is 22.6 Å². The van der Waals surface area contributed by atoms with Crippen molar-refractivity contribution in [1.82, 2.24) is 15.4 Å². The van der Waals surface area contributed by atoms with Gasteiger partial charge in [0.25, 0.3) is 0 Å². The van der Waals surface area contributed by atoms with Gasteiger partial charge in [-0.15, -0.1) is 0 Å². The quantitative estimate of drug-likeness (QED) is 0.582. The number of nitrogens with zero attached hydrogens (tertiary/aromatic N) is 2. The molecule has 0 bridgehead atoms. The summed E-state index contributed by atoms with van der Waals surface area (Å²) in [6.07, 6.45) is 0.169. The van der Waals surface area contributed by atoms with Gasteiger partial charge in [0, 0.05) is 11.3 Å². The first-order valence-electron chi connectivity index (χ1n) is 5.72. The maximum Gasteiger partial charge on any atom is 0.425 e. The number of hydrogen-bond donors (Lipinski definition) is 3. The predicted octanol–water partition coefficient (Wildman–Crippen LogP) is 2.30. The highest BCUT2D eigenvalue weighted by Crippen LogP contribution is 2.18. The maximum absolute atomic E-state index is 10.3. The molecular weight excluding hydrogens is 244 g/mol. The summed E-state index contributed by atoms with van der Waals surface area (Å²) in [6, 6.07) is 7.96. The second-order valence-corrected chi connectivity index (χ2v) is 4.14. The molecule has 0 aliphatic heterocycles. The number of imidazole rings is 1. The molecule has 0 saturated heterocycles. The van der Waals surface area contributed by atoms with Crippen LogP contribution in [0.2, 0.25) is 0 Å². The first-order valence-corrected chi connectivity index (χ1v) is 5.72. The number of H-pyrrole nitrogens is 1. The number of carboxylic acid groups (broad SMARTS) is 1. The van der Waals surface area contributed by atoms with Gasteiger partial charge < -0.3 is 10.1 Å². The maximum atomic E-state index is 10.3. The van der Waals surface area contributed by atoms with Crippen molar-refractivity contribution < 1.29 is 9.90 Å². The molecule has 0 fully saturated rings. The van der Waals surface area contributed by atoms with Crippen molar-refractivity contribution in [2.24, 2.45) is 5.10 Å². The molecule has 2 rings (SSSR count). The van der Waals surface area contributed by atoms with Gasteiger partial charge in [-0.1, -0.05) is 23.8 Å². The summed E-state index contributed by atoms with van der Waals surface area (Å²) < 4.78 is 0. The summed E-state index contributed by atoms with van der Waals surface area (Å²) in [6.45, 7) is 3.87. The molecular formula is C13H14N4O2. The third kappa shape index (κ3) is 3.19. The summed E-state index contributed by atoms with van der Waals surface area (Å²) in [5.74, 6) is 0.734. The van der Waals surface area contributed by atoms with Crippen LogP contribution >= 0.6 is 0 Å². The van der Waals surface area contributed by atoms with Crippen LogP contribution in [-0.2, 0) is 0 Å². The number of aromatic nitrogens is 2. The van der Waals surface area contributed by atoms with Gasteiger partial charge in [-0.2, -0.15) is 5.10 Å². The number of nitrogens with one attached hydrogen (secondary N) is 2. The van der Waals surface area contributed by atoms with Crippen molar-refractivity contribution in [3.63, 3.8) is 0 Å². The van der Waals surface area contributed by atoms with Crippen LogP contribution in [0.5, 0.6) is 0 Å². The lowest BCUT2D eigenvalue weighted by molar-refractivity contribution is 0.195. The minimum absolute atomic E-state index is 0.602. The second kappa shape index (κ2) is 5.34. The SMILES string of the molecule is Cc1cccc(-c2nc(/C=N\NC(=O)O)c(C)[nH]2)c1. The van der Waals surface area contributed by atoms with Crippen LogP contribution in [0.4, 0.5) is 4.79 Å². The van der Waals surface area contributed by atoms with Crippen molar-refractivity contribution in [2.75, 3.05) is 0 Å². The Morgan fingerprint density at radius 1 is 1.47 bits per heavy atom. The third-order valence-electron chi connectivity index (χ3n) is 2.56. The summed E-state index contributed by atoms with van der Waals surface area (Å²) in [7, 11) is 0. The summed E-state index contributed by atoms with van der Waals surface area (Å²) in [5.41, 5.74) is 5.47. The number of benzene rings is 1. The molecule has 0 aliphatic rings. The van der Waals surface area contributed by atoms with Crippen LogP contribution in [0.3, 0.4) is 0 Å². The van der Waals surface area contributed by atoms with Gasteiger partial charge in [0.05, 0.1) is 6.21 Å². The smallest absolute Gasteiger partial charge is 0.425 e. The molecule has 98 valence electrons. The molecule has 0 spiro atoms. The Morgan fingerprint density at radius 3 is 2.95 bits per heavy atom. The highest BCUT2D eigenvalue weighted by molar-refractivity contribution is 5.81. The van der Waals surface area contributed by atoms with Gasteiger partial charge in [0.1, 0.15) is 11.5 Å². The van der Waals surface area contributed by atoms with Gasteiger partial charge in [0.2, 0.25) is 0 Å². The molecule has 0 aliphatic carbocycles. The minimum Gasteiger partial charge on any atom is -0.464 e. The van der Waals surface area contributed by atoms with E-state index in [4.69, 9.17) is 5.11 Å². The molecule has 0 unspecified atom stereocenters. The number of hydrogen-bond acceptors (Lipinski definition) is 3. The molecule has 3 N–H and O–H groups in total. The van der Waals surface area contributed by atoms with E-state index in [1.54, 1.807) is 0 Å². The van der Waals surface area contributed by atoms with Crippen LogP contribution in [-0.4, -0.2) is 27.4 Å². The largest absolute Gasteiger partial charge is 0.464 e. The fourth-order valence-corrected chi connectivity index (χ4v) is 1.68. The first kappa shape index (κ1) is 12.8. The van der Waals surface area contributed by atoms with E-state index in [9.17, 15) is 4.79 Å². The summed E-state index contributed by atoms with van der Waals surface area (Å²) in [5, 5.41) is 12.0. The molecule has 19 heavy (non-hydrogen) atoms. The molecule has 1 amide bonds. The Balaban J connectivity index is 2.26. The van der Waals surface area contributed by atoms with Crippen LogP contribution in [0.15, 0.2) is 29.4 Å². The topological polar surface area (TPSA) is 90.4 Å². The summed E-state index contributed by atoms with van der Waals surface area (Å²) in [4.78, 5) is 17.8. The molecule has 0 atom stereocenters. The fraction of sp³-hybridized carbons (Fsp3) is 0.154. The second-order valence-electron chi connectivity index (χ2n) is 4.14. The van der Waals surface area contributed by atoms with Crippen molar-refractivity contribution in [3.05, 3.63) is 41.2 Å². The van der Waals surface area contributed by atoms with Gasteiger partial charge in [-0.3, -0.25) is 0 Å². The van der Waals surface area contributed by atoms with E-state index in [-0.39, 0.29) is 0 Å². The highest BCUT2D eigenvalue weighted by Gasteiger charge is 2.07. The van der Waals surface area contributed by atoms with Crippen molar-refractivity contribution in [3.8, 4) is 11.4 Å². The van der Waals surface area contributed by atoms with E-state index in [1.165, 1.54) is 6.21 Å². The molecule has 1 aromatic carbocycles. The normalized spacial score (nSPS) is 10.8. The average molecular weight is 258 g/mol. The molecule has 2 aromatic rings. The molecule has 6 heteroatoms.